The average molecular weight is 481 g/mol. The van der Waals surface area contributed by atoms with Crippen molar-refractivity contribution in [3.63, 3.8) is 0 Å². The summed E-state index contributed by atoms with van der Waals surface area (Å²) < 4.78 is 56.9. The van der Waals surface area contributed by atoms with Crippen LogP contribution in [0, 0.1) is 11.8 Å². The van der Waals surface area contributed by atoms with Crippen molar-refractivity contribution in [1.82, 2.24) is 19.6 Å². The first kappa shape index (κ1) is 21.7. The van der Waals surface area contributed by atoms with Crippen LogP contribution in [-0.2, 0) is 24.1 Å². The van der Waals surface area contributed by atoms with E-state index in [1.54, 1.807) is 0 Å². The fourth-order valence-corrected chi connectivity index (χ4v) is 4.31. The molecule has 1 amide bonds. The topological polar surface area (TPSA) is 111 Å². The Bertz CT molecular complexity index is 1480. The Kier molecular flexibility index (Phi) is 5.34. The summed E-state index contributed by atoms with van der Waals surface area (Å²) in [4.78, 5) is 12.6. The summed E-state index contributed by atoms with van der Waals surface area (Å²) in [7, 11) is -1.29. The van der Waals surface area contributed by atoms with Gasteiger partial charge in [-0.15, -0.1) is 0 Å². The first-order valence-electron chi connectivity index (χ1n) is 9.00. The van der Waals surface area contributed by atoms with Crippen LogP contribution in [0.5, 0.6) is 0 Å². The lowest BCUT2D eigenvalue weighted by molar-refractivity contribution is 0.101. The largest absolute Gasteiger partial charge is 0.321 e. The summed E-state index contributed by atoms with van der Waals surface area (Å²) in [5, 5.41) is 10.7. The van der Waals surface area contributed by atoms with Crippen LogP contribution in [0.3, 0.4) is 0 Å². The third kappa shape index (κ3) is 3.89. The van der Waals surface area contributed by atoms with Crippen molar-refractivity contribution in [3.8, 4) is 0 Å². The number of aryl methyl sites for hydroxylation is 2. The molecule has 0 fully saturated rings. The number of amides is 1. The fraction of sp³-hybridized carbons (Fsp3) is 0.105. The molecule has 13 heteroatoms. The number of rotatable bonds is 5. The molecule has 4 aromatic rings. The molecule has 0 unspecified atom stereocenters. The Labute approximate surface area is 185 Å². The summed E-state index contributed by atoms with van der Waals surface area (Å²) in [5.41, 5.74) is 0.351. The van der Waals surface area contributed by atoms with Gasteiger partial charge in [0.25, 0.3) is 15.9 Å². The minimum atomic E-state index is -4.14. The van der Waals surface area contributed by atoms with E-state index in [1.165, 1.54) is 49.1 Å². The number of nitrogens with zero attached hydrogens (tertiary/aromatic N) is 4. The quantitative estimate of drug-likeness (QED) is 0.455. The maximum atomic E-state index is 13.9. The number of benzene rings is 2. The summed E-state index contributed by atoms with van der Waals surface area (Å²) >= 11 is 5.74. The van der Waals surface area contributed by atoms with E-state index in [0.29, 0.717) is 5.39 Å². The Balaban J connectivity index is 1.66. The van der Waals surface area contributed by atoms with E-state index >= 15 is 0 Å². The normalized spacial score (nSPS) is 11.7. The molecule has 2 N–H and O–H groups in total. The molecule has 0 bridgehead atoms. The number of hydrogen-bond acceptors (Lipinski definition) is 5. The predicted molar refractivity (Wildman–Crippen MR) is 114 cm³/mol. The molecular formula is C19H15ClF2N6O3S. The van der Waals surface area contributed by atoms with E-state index in [9.17, 15) is 22.0 Å². The average Bonchev–Trinajstić information content (AvgIpc) is 3.22. The maximum absolute atomic E-state index is 13.9. The van der Waals surface area contributed by atoms with Crippen molar-refractivity contribution < 1.29 is 22.0 Å². The Hall–Kier alpha value is -3.51. The third-order valence-corrected chi connectivity index (χ3v) is 6.27. The van der Waals surface area contributed by atoms with Gasteiger partial charge in [-0.1, -0.05) is 11.6 Å². The molecule has 2 heterocycles. The minimum Gasteiger partial charge on any atom is -0.321 e. The van der Waals surface area contributed by atoms with Gasteiger partial charge in [0.05, 0.1) is 21.6 Å². The van der Waals surface area contributed by atoms with Crippen LogP contribution in [0.15, 0.2) is 47.5 Å². The summed E-state index contributed by atoms with van der Waals surface area (Å²) in [6, 6.07) is 7.69. The van der Waals surface area contributed by atoms with Crippen LogP contribution in [0.2, 0.25) is 5.02 Å². The highest BCUT2D eigenvalue weighted by atomic mass is 35.5. The number of sulfonamides is 1. The molecule has 32 heavy (non-hydrogen) atoms. The molecule has 0 aliphatic carbocycles. The van der Waals surface area contributed by atoms with Crippen molar-refractivity contribution in [2.24, 2.45) is 14.1 Å². The van der Waals surface area contributed by atoms with Gasteiger partial charge in [-0.2, -0.15) is 14.6 Å². The van der Waals surface area contributed by atoms with Gasteiger partial charge in [0.1, 0.15) is 17.2 Å². The van der Waals surface area contributed by atoms with Gasteiger partial charge >= 0.3 is 0 Å². The highest BCUT2D eigenvalue weighted by Crippen LogP contribution is 2.25. The second kappa shape index (κ2) is 7.88. The van der Waals surface area contributed by atoms with E-state index < -0.39 is 27.7 Å². The monoisotopic (exact) mass is 480 g/mol. The number of aromatic nitrogens is 4. The number of hydrogen-bond donors (Lipinski definition) is 2. The zero-order chi connectivity index (χ0) is 23.2. The molecule has 0 saturated heterocycles. The zero-order valence-corrected chi connectivity index (χ0v) is 18.2. The van der Waals surface area contributed by atoms with Crippen LogP contribution >= 0.6 is 11.6 Å². The Morgan fingerprint density at radius 2 is 1.84 bits per heavy atom. The van der Waals surface area contributed by atoms with E-state index in [1.807, 2.05) is 0 Å². The molecule has 0 saturated carbocycles. The van der Waals surface area contributed by atoms with Crippen molar-refractivity contribution in [2.45, 2.75) is 4.90 Å². The van der Waals surface area contributed by atoms with Crippen molar-refractivity contribution in [1.29, 1.82) is 0 Å². The molecule has 0 spiro atoms. The lowest BCUT2D eigenvalue weighted by Crippen LogP contribution is -2.16. The van der Waals surface area contributed by atoms with E-state index in [-0.39, 0.29) is 32.5 Å². The minimum absolute atomic E-state index is 0.148. The smallest absolute Gasteiger partial charge is 0.274 e. The highest BCUT2D eigenvalue weighted by molar-refractivity contribution is 7.92. The van der Waals surface area contributed by atoms with Gasteiger partial charge in [-0.05, 0) is 36.4 Å². The standard InChI is InChI=1S/C19H15ClF2N6O3S/c1-27-17(19(29)24-10-3-6-14(21)13(20)7-10)12-5-4-11(8-15(12)25-27)32(30,31)26-16-9-23-28(2)18(16)22/h3-9,26H,1-2H3,(H,24,29). The third-order valence-electron chi connectivity index (χ3n) is 4.62. The number of anilines is 2. The van der Waals surface area contributed by atoms with Gasteiger partial charge in [-0.25, -0.2) is 17.5 Å². The number of carbonyl (C=O) groups is 1. The molecule has 4 rings (SSSR count). The first-order chi connectivity index (χ1) is 15.1. The first-order valence-corrected chi connectivity index (χ1v) is 10.9. The number of carbonyl (C=O) groups excluding carboxylic acids is 1. The molecule has 9 nitrogen and oxygen atoms in total. The van der Waals surface area contributed by atoms with Crippen LogP contribution in [0.1, 0.15) is 10.5 Å². The molecule has 2 aromatic carbocycles. The van der Waals surface area contributed by atoms with Gasteiger partial charge in [0.15, 0.2) is 0 Å². The van der Waals surface area contributed by atoms with Gasteiger partial charge in [-0.3, -0.25) is 14.2 Å². The van der Waals surface area contributed by atoms with Crippen LogP contribution < -0.4 is 10.0 Å². The van der Waals surface area contributed by atoms with Crippen molar-refractivity contribution in [2.75, 3.05) is 10.0 Å². The zero-order valence-electron chi connectivity index (χ0n) is 16.6. The van der Waals surface area contributed by atoms with Crippen molar-refractivity contribution >= 4 is 49.8 Å². The molecule has 0 radical (unpaired) electrons. The van der Waals surface area contributed by atoms with Gasteiger partial charge in [0, 0.05) is 25.2 Å². The van der Waals surface area contributed by atoms with Crippen molar-refractivity contribution in [3.05, 3.63) is 65.1 Å². The Morgan fingerprint density at radius 3 is 2.50 bits per heavy atom. The van der Waals surface area contributed by atoms with Crippen LogP contribution in [0.25, 0.3) is 10.9 Å². The maximum Gasteiger partial charge on any atom is 0.274 e. The summed E-state index contributed by atoms with van der Waals surface area (Å²) in [6.45, 7) is 0. The number of nitrogens with one attached hydrogen (secondary N) is 2. The van der Waals surface area contributed by atoms with E-state index in [4.69, 9.17) is 11.6 Å². The molecule has 0 aliphatic rings. The van der Waals surface area contributed by atoms with E-state index in [2.05, 4.69) is 20.2 Å². The van der Waals surface area contributed by atoms with Crippen LogP contribution in [0.4, 0.5) is 20.2 Å². The lowest BCUT2D eigenvalue weighted by Gasteiger charge is -2.07. The molecule has 2 aromatic heterocycles. The fourth-order valence-electron chi connectivity index (χ4n) is 3.08. The molecule has 0 atom stereocenters. The summed E-state index contributed by atoms with van der Waals surface area (Å²) in [5.74, 6) is -2.01. The lowest BCUT2D eigenvalue weighted by atomic mass is 10.2. The second-order valence-corrected chi connectivity index (χ2v) is 8.90. The van der Waals surface area contributed by atoms with Crippen LogP contribution in [-0.4, -0.2) is 33.9 Å². The van der Waals surface area contributed by atoms with Gasteiger partial charge < -0.3 is 5.32 Å². The highest BCUT2D eigenvalue weighted by Gasteiger charge is 2.22. The molecular weight excluding hydrogens is 466 g/mol. The second-order valence-electron chi connectivity index (χ2n) is 6.81. The predicted octanol–water partition coefficient (Wildman–Crippen LogP) is 3.29. The SMILES string of the molecule is Cn1ncc(NS(=O)(=O)c2ccc3c(C(=O)Nc4ccc(F)c(Cl)c4)n(C)nc3c2)c1F. The number of fused-ring (bicyclic) bond motifs is 1. The van der Waals surface area contributed by atoms with E-state index in [0.717, 1.165) is 16.9 Å². The Morgan fingerprint density at radius 1 is 1.09 bits per heavy atom. The summed E-state index contributed by atoms with van der Waals surface area (Å²) in [6.07, 6.45) is 1.05. The number of halogens is 3. The molecule has 166 valence electrons. The molecule has 0 aliphatic heterocycles. The van der Waals surface area contributed by atoms with Gasteiger partial charge in [0.2, 0.25) is 5.95 Å².